The fourth-order valence-electron chi connectivity index (χ4n) is 2.99. The van der Waals surface area contributed by atoms with E-state index in [1.807, 2.05) is 37.3 Å². The predicted octanol–water partition coefficient (Wildman–Crippen LogP) is 4.06. The maximum absolute atomic E-state index is 8.75. The summed E-state index contributed by atoms with van der Waals surface area (Å²) < 4.78 is 10.6. The standard InChI is InChI=1S/C20H21ClN4O2/c1-11-13(4-3-5-15(11)22)18(23)17-14-7-6-12(27-9-8-26-2)10-16(14)25-19(17)20(21)24/h3-7,10,23-25H,8-9,22H2,1-2H3. The molecule has 0 saturated carbocycles. The lowest BCUT2D eigenvalue weighted by Crippen LogP contribution is -2.09. The molecule has 0 saturated heterocycles. The third-order valence-corrected chi connectivity index (χ3v) is 4.63. The number of nitrogen functional groups attached to an aromatic ring is 1. The number of hydrogen-bond donors (Lipinski definition) is 4. The molecule has 7 heteroatoms. The van der Waals surface area contributed by atoms with Gasteiger partial charge in [0.1, 0.15) is 17.5 Å². The Kier molecular flexibility index (Phi) is 5.48. The van der Waals surface area contributed by atoms with Crippen LogP contribution in [0.3, 0.4) is 0 Å². The molecule has 0 atom stereocenters. The maximum Gasteiger partial charge on any atom is 0.145 e. The van der Waals surface area contributed by atoms with E-state index in [1.54, 1.807) is 13.2 Å². The van der Waals surface area contributed by atoms with Gasteiger partial charge in [-0.25, -0.2) is 0 Å². The number of rotatable bonds is 7. The number of anilines is 1. The lowest BCUT2D eigenvalue weighted by Gasteiger charge is -2.11. The van der Waals surface area contributed by atoms with Crippen molar-refractivity contribution in [3.05, 3.63) is 58.8 Å². The fraction of sp³-hybridized carbons (Fsp3) is 0.200. The summed E-state index contributed by atoms with van der Waals surface area (Å²) >= 11 is 6.01. The van der Waals surface area contributed by atoms with E-state index in [-0.39, 0.29) is 10.9 Å². The molecule has 0 bridgehead atoms. The Balaban J connectivity index is 2.10. The first-order valence-electron chi connectivity index (χ1n) is 8.40. The average molecular weight is 385 g/mol. The van der Waals surface area contributed by atoms with E-state index in [0.29, 0.717) is 41.5 Å². The minimum Gasteiger partial charge on any atom is -0.491 e. The van der Waals surface area contributed by atoms with E-state index in [4.69, 9.17) is 37.6 Å². The molecule has 0 fully saturated rings. The number of nitrogens with two attached hydrogens (primary N) is 1. The van der Waals surface area contributed by atoms with Crippen LogP contribution in [0.1, 0.15) is 22.4 Å². The number of benzene rings is 2. The van der Waals surface area contributed by atoms with E-state index in [0.717, 1.165) is 16.5 Å². The highest BCUT2D eigenvalue weighted by Gasteiger charge is 2.21. The van der Waals surface area contributed by atoms with E-state index in [9.17, 15) is 0 Å². The van der Waals surface area contributed by atoms with Gasteiger partial charge in [-0.15, -0.1) is 0 Å². The van der Waals surface area contributed by atoms with Crippen LogP contribution in [0, 0.1) is 17.7 Å². The minimum absolute atomic E-state index is 0.158. The van der Waals surface area contributed by atoms with Crippen LogP contribution < -0.4 is 10.5 Å². The summed E-state index contributed by atoms with van der Waals surface area (Å²) in [5.41, 5.74) is 10.1. The van der Waals surface area contributed by atoms with Crippen LogP contribution in [0.25, 0.3) is 10.9 Å². The highest BCUT2D eigenvalue weighted by molar-refractivity contribution is 6.69. The molecule has 5 N–H and O–H groups in total. The molecule has 0 aliphatic rings. The summed E-state index contributed by atoms with van der Waals surface area (Å²) in [6.07, 6.45) is 0. The fourth-order valence-corrected chi connectivity index (χ4v) is 3.13. The molecule has 1 aromatic heterocycles. The second-order valence-electron chi connectivity index (χ2n) is 6.13. The first kappa shape index (κ1) is 18.9. The molecule has 1 heterocycles. The first-order valence-corrected chi connectivity index (χ1v) is 8.78. The summed E-state index contributed by atoms with van der Waals surface area (Å²) in [6, 6.07) is 11.0. The van der Waals surface area contributed by atoms with Crippen molar-refractivity contribution in [2.75, 3.05) is 26.1 Å². The van der Waals surface area contributed by atoms with Crippen LogP contribution in [0.4, 0.5) is 5.69 Å². The molecule has 0 amide bonds. The summed E-state index contributed by atoms with van der Waals surface area (Å²) in [6.45, 7) is 2.80. The molecule has 0 aliphatic carbocycles. The number of nitrogens with one attached hydrogen (secondary N) is 3. The zero-order chi connectivity index (χ0) is 19.6. The molecular formula is C20H21ClN4O2. The Labute approximate surface area is 162 Å². The Hall–Kier alpha value is -2.83. The van der Waals surface area contributed by atoms with Gasteiger partial charge in [0.15, 0.2) is 0 Å². The van der Waals surface area contributed by atoms with Gasteiger partial charge in [-0.05, 0) is 30.7 Å². The minimum atomic E-state index is -0.158. The highest BCUT2D eigenvalue weighted by Crippen LogP contribution is 2.30. The number of methoxy groups -OCH3 is 1. The van der Waals surface area contributed by atoms with Crippen LogP contribution in [0.5, 0.6) is 5.75 Å². The van der Waals surface area contributed by atoms with Gasteiger partial charge < -0.3 is 20.2 Å². The molecule has 2 aromatic carbocycles. The normalized spacial score (nSPS) is 10.9. The van der Waals surface area contributed by atoms with Crippen molar-refractivity contribution in [3.8, 4) is 5.75 Å². The average Bonchev–Trinajstić information content (AvgIpc) is 3.03. The van der Waals surface area contributed by atoms with Crippen LogP contribution in [-0.2, 0) is 4.74 Å². The first-order chi connectivity index (χ1) is 12.9. The molecule has 3 rings (SSSR count). The summed E-state index contributed by atoms with van der Waals surface area (Å²) in [5, 5.41) is 17.3. The number of hydrogen-bond acceptors (Lipinski definition) is 5. The Bertz CT molecular complexity index is 1030. The summed E-state index contributed by atoms with van der Waals surface area (Å²) in [4.78, 5) is 3.14. The van der Waals surface area contributed by atoms with Crippen molar-refractivity contribution in [3.63, 3.8) is 0 Å². The van der Waals surface area contributed by atoms with Gasteiger partial charge in [0, 0.05) is 35.4 Å². The zero-order valence-electron chi connectivity index (χ0n) is 15.2. The van der Waals surface area contributed by atoms with Crippen molar-refractivity contribution in [1.82, 2.24) is 4.98 Å². The van der Waals surface area contributed by atoms with E-state index in [1.165, 1.54) is 0 Å². The van der Waals surface area contributed by atoms with Crippen LogP contribution in [-0.4, -0.2) is 36.2 Å². The Morgan fingerprint density at radius 2 is 1.96 bits per heavy atom. The summed E-state index contributed by atoms with van der Waals surface area (Å²) in [5.74, 6) is 0.673. The third kappa shape index (κ3) is 3.67. The van der Waals surface area contributed by atoms with Crippen molar-refractivity contribution >= 4 is 39.1 Å². The van der Waals surface area contributed by atoms with Crippen LogP contribution in [0.2, 0.25) is 0 Å². The molecule has 3 aromatic rings. The lowest BCUT2D eigenvalue weighted by molar-refractivity contribution is 0.146. The maximum atomic E-state index is 8.75. The second-order valence-corrected chi connectivity index (χ2v) is 6.51. The van der Waals surface area contributed by atoms with Gasteiger partial charge in [-0.1, -0.05) is 23.7 Å². The van der Waals surface area contributed by atoms with Gasteiger partial charge in [-0.2, -0.15) is 0 Å². The molecule has 0 unspecified atom stereocenters. The number of halogens is 1. The van der Waals surface area contributed by atoms with E-state index >= 15 is 0 Å². The molecule has 0 spiro atoms. The number of aromatic amines is 1. The smallest absolute Gasteiger partial charge is 0.145 e. The molecule has 27 heavy (non-hydrogen) atoms. The number of fused-ring (bicyclic) bond motifs is 1. The van der Waals surface area contributed by atoms with E-state index < -0.39 is 0 Å². The van der Waals surface area contributed by atoms with Crippen molar-refractivity contribution in [1.29, 1.82) is 10.8 Å². The van der Waals surface area contributed by atoms with Crippen molar-refractivity contribution in [2.24, 2.45) is 0 Å². The van der Waals surface area contributed by atoms with Crippen LogP contribution >= 0.6 is 11.6 Å². The molecule has 0 radical (unpaired) electrons. The molecule has 0 aliphatic heterocycles. The zero-order valence-corrected chi connectivity index (χ0v) is 15.9. The third-order valence-electron chi connectivity index (χ3n) is 4.44. The Morgan fingerprint density at radius 3 is 2.67 bits per heavy atom. The van der Waals surface area contributed by atoms with Gasteiger partial charge in [0.25, 0.3) is 0 Å². The van der Waals surface area contributed by atoms with Crippen molar-refractivity contribution < 1.29 is 9.47 Å². The SMILES string of the molecule is COCCOc1ccc2c(C(=N)c3cccc(N)c3C)c(C(=N)Cl)[nH]c2c1. The lowest BCUT2D eigenvalue weighted by atomic mass is 9.95. The Morgan fingerprint density at radius 1 is 1.19 bits per heavy atom. The second kappa shape index (κ2) is 7.82. The summed E-state index contributed by atoms with van der Waals surface area (Å²) in [7, 11) is 1.62. The number of aromatic nitrogens is 1. The quantitative estimate of drug-likeness (QED) is 0.280. The molecule has 6 nitrogen and oxygen atoms in total. The van der Waals surface area contributed by atoms with E-state index in [2.05, 4.69) is 4.98 Å². The number of H-pyrrole nitrogens is 1. The largest absolute Gasteiger partial charge is 0.491 e. The molecular weight excluding hydrogens is 364 g/mol. The van der Waals surface area contributed by atoms with Crippen LogP contribution in [0.15, 0.2) is 36.4 Å². The van der Waals surface area contributed by atoms with Gasteiger partial charge >= 0.3 is 0 Å². The highest BCUT2D eigenvalue weighted by atomic mass is 35.5. The van der Waals surface area contributed by atoms with Gasteiger partial charge in [-0.3, -0.25) is 10.8 Å². The number of ether oxygens (including phenoxy) is 2. The predicted molar refractivity (Wildman–Crippen MR) is 110 cm³/mol. The molecule has 140 valence electrons. The van der Waals surface area contributed by atoms with Crippen molar-refractivity contribution in [2.45, 2.75) is 6.92 Å². The topological polar surface area (TPSA) is 108 Å². The monoisotopic (exact) mass is 384 g/mol. The van der Waals surface area contributed by atoms with Gasteiger partial charge in [0.05, 0.1) is 23.5 Å². The van der Waals surface area contributed by atoms with Gasteiger partial charge in [0.2, 0.25) is 0 Å².